The molecule has 1 atom stereocenters. The van der Waals surface area contributed by atoms with Gasteiger partial charge in [-0.2, -0.15) is 0 Å². The van der Waals surface area contributed by atoms with Gasteiger partial charge in [-0.3, -0.25) is 10.1 Å². The van der Waals surface area contributed by atoms with E-state index < -0.39 is 12.0 Å². The maximum Gasteiger partial charge on any atom is 0.321 e. The SMILES string of the molecule is O=C(O)C1Cc2cccc(F)c2CN1. The zero-order valence-electron chi connectivity index (χ0n) is 7.46. The van der Waals surface area contributed by atoms with Crippen LogP contribution in [0.2, 0.25) is 0 Å². The van der Waals surface area contributed by atoms with Crippen molar-refractivity contribution in [3.63, 3.8) is 0 Å². The van der Waals surface area contributed by atoms with Crippen molar-refractivity contribution in [2.24, 2.45) is 0 Å². The Labute approximate surface area is 80.6 Å². The van der Waals surface area contributed by atoms with Crippen molar-refractivity contribution in [2.75, 3.05) is 0 Å². The van der Waals surface area contributed by atoms with Crippen LogP contribution in [-0.2, 0) is 17.8 Å². The van der Waals surface area contributed by atoms with E-state index in [9.17, 15) is 9.18 Å². The molecule has 0 fully saturated rings. The Hall–Kier alpha value is -1.42. The van der Waals surface area contributed by atoms with E-state index in [1.54, 1.807) is 12.1 Å². The van der Waals surface area contributed by atoms with Gasteiger partial charge in [0.15, 0.2) is 0 Å². The predicted octanol–water partition coefficient (Wildman–Crippen LogP) is 0.925. The summed E-state index contributed by atoms with van der Waals surface area (Å²) in [6.07, 6.45) is 0.350. The third-order valence-corrected chi connectivity index (χ3v) is 2.46. The Bertz CT molecular complexity index is 378. The molecular weight excluding hydrogens is 185 g/mol. The second-order valence-corrected chi connectivity index (χ2v) is 3.35. The number of benzene rings is 1. The van der Waals surface area contributed by atoms with Gasteiger partial charge in [0.25, 0.3) is 0 Å². The molecule has 2 N–H and O–H groups in total. The molecule has 0 spiro atoms. The van der Waals surface area contributed by atoms with Gasteiger partial charge in [-0.05, 0) is 18.1 Å². The van der Waals surface area contributed by atoms with Crippen molar-refractivity contribution >= 4 is 5.97 Å². The zero-order valence-corrected chi connectivity index (χ0v) is 7.46. The van der Waals surface area contributed by atoms with E-state index in [-0.39, 0.29) is 5.82 Å². The molecule has 0 aliphatic carbocycles. The molecule has 1 aromatic rings. The Morgan fingerprint density at radius 3 is 3.07 bits per heavy atom. The number of carboxylic acid groups (broad SMARTS) is 1. The van der Waals surface area contributed by atoms with Gasteiger partial charge in [0.2, 0.25) is 0 Å². The third-order valence-electron chi connectivity index (χ3n) is 2.46. The van der Waals surface area contributed by atoms with Crippen LogP contribution < -0.4 is 5.32 Å². The lowest BCUT2D eigenvalue weighted by Crippen LogP contribution is -2.41. The Morgan fingerprint density at radius 2 is 2.36 bits per heavy atom. The summed E-state index contributed by atoms with van der Waals surface area (Å²) in [4.78, 5) is 10.7. The number of fused-ring (bicyclic) bond motifs is 1. The molecular formula is C10H10FNO2. The second kappa shape index (κ2) is 3.38. The standard InChI is InChI=1S/C10H10FNO2/c11-8-3-1-2-6-4-9(10(13)14)12-5-7(6)8/h1-3,9,12H,4-5H2,(H,13,14). The van der Waals surface area contributed by atoms with Crippen molar-refractivity contribution in [2.45, 2.75) is 19.0 Å². The Balaban J connectivity index is 2.31. The summed E-state index contributed by atoms with van der Waals surface area (Å²) in [5.74, 6) is -1.15. The van der Waals surface area contributed by atoms with Crippen molar-refractivity contribution in [1.29, 1.82) is 0 Å². The fourth-order valence-corrected chi connectivity index (χ4v) is 1.68. The van der Waals surface area contributed by atoms with Crippen LogP contribution in [0.15, 0.2) is 18.2 Å². The monoisotopic (exact) mass is 195 g/mol. The van der Waals surface area contributed by atoms with Crippen molar-refractivity contribution < 1.29 is 14.3 Å². The Kier molecular flexibility index (Phi) is 2.21. The van der Waals surface area contributed by atoms with Gasteiger partial charge in [0.1, 0.15) is 11.9 Å². The quantitative estimate of drug-likeness (QED) is 0.700. The number of rotatable bonds is 1. The number of nitrogens with one attached hydrogen (secondary N) is 1. The van der Waals surface area contributed by atoms with Gasteiger partial charge in [-0.25, -0.2) is 4.39 Å². The summed E-state index contributed by atoms with van der Waals surface area (Å²) in [6, 6.07) is 4.18. The molecule has 74 valence electrons. The number of halogens is 1. The van der Waals surface area contributed by atoms with E-state index >= 15 is 0 Å². The Morgan fingerprint density at radius 1 is 1.57 bits per heavy atom. The highest BCUT2D eigenvalue weighted by Crippen LogP contribution is 2.19. The highest BCUT2D eigenvalue weighted by molar-refractivity contribution is 5.74. The highest BCUT2D eigenvalue weighted by Gasteiger charge is 2.24. The minimum absolute atomic E-state index is 0.265. The summed E-state index contributed by atoms with van der Waals surface area (Å²) in [6.45, 7) is 0.291. The molecule has 0 saturated heterocycles. The van der Waals surface area contributed by atoms with Crippen LogP contribution in [0, 0.1) is 5.82 Å². The molecule has 1 unspecified atom stereocenters. The first-order chi connectivity index (χ1) is 6.68. The first kappa shape index (κ1) is 9.15. The molecule has 0 amide bonds. The molecule has 1 heterocycles. The number of hydrogen-bond donors (Lipinski definition) is 2. The van der Waals surface area contributed by atoms with E-state index in [1.807, 2.05) is 0 Å². The molecule has 2 rings (SSSR count). The lowest BCUT2D eigenvalue weighted by atomic mass is 9.95. The van der Waals surface area contributed by atoms with E-state index in [0.717, 1.165) is 5.56 Å². The minimum atomic E-state index is -0.889. The lowest BCUT2D eigenvalue weighted by molar-refractivity contribution is -0.139. The van der Waals surface area contributed by atoms with Crippen LogP contribution in [0.25, 0.3) is 0 Å². The first-order valence-corrected chi connectivity index (χ1v) is 4.41. The van der Waals surface area contributed by atoms with Crippen LogP contribution in [0.1, 0.15) is 11.1 Å². The molecule has 0 radical (unpaired) electrons. The van der Waals surface area contributed by atoms with Gasteiger partial charge in [0, 0.05) is 12.1 Å². The fraction of sp³-hybridized carbons (Fsp3) is 0.300. The van der Waals surface area contributed by atoms with Crippen LogP contribution in [-0.4, -0.2) is 17.1 Å². The van der Waals surface area contributed by atoms with Gasteiger partial charge in [0.05, 0.1) is 0 Å². The van der Waals surface area contributed by atoms with Crippen molar-refractivity contribution in [3.8, 4) is 0 Å². The van der Waals surface area contributed by atoms with Crippen LogP contribution in [0.3, 0.4) is 0 Å². The fourth-order valence-electron chi connectivity index (χ4n) is 1.68. The van der Waals surface area contributed by atoms with Crippen molar-refractivity contribution in [1.82, 2.24) is 5.32 Å². The normalized spacial score (nSPS) is 20.2. The summed E-state index contributed by atoms with van der Waals surface area (Å²) in [5.41, 5.74) is 1.38. The number of carbonyl (C=O) groups is 1. The van der Waals surface area contributed by atoms with Gasteiger partial charge >= 0.3 is 5.97 Å². The highest BCUT2D eigenvalue weighted by atomic mass is 19.1. The molecule has 0 aromatic heterocycles. The molecule has 4 heteroatoms. The minimum Gasteiger partial charge on any atom is -0.480 e. The van der Waals surface area contributed by atoms with E-state index in [4.69, 9.17) is 5.11 Å². The molecule has 1 aliphatic heterocycles. The molecule has 14 heavy (non-hydrogen) atoms. The van der Waals surface area contributed by atoms with E-state index in [0.29, 0.717) is 18.5 Å². The van der Waals surface area contributed by atoms with Gasteiger partial charge in [-0.1, -0.05) is 12.1 Å². The van der Waals surface area contributed by atoms with Crippen LogP contribution in [0.4, 0.5) is 4.39 Å². The predicted molar refractivity (Wildman–Crippen MR) is 48.4 cm³/mol. The topological polar surface area (TPSA) is 49.3 Å². The first-order valence-electron chi connectivity index (χ1n) is 4.41. The number of hydrogen-bond acceptors (Lipinski definition) is 2. The molecule has 0 saturated carbocycles. The second-order valence-electron chi connectivity index (χ2n) is 3.35. The number of aliphatic carboxylic acids is 1. The zero-order chi connectivity index (χ0) is 10.1. The van der Waals surface area contributed by atoms with Crippen LogP contribution in [0.5, 0.6) is 0 Å². The largest absolute Gasteiger partial charge is 0.480 e. The van der Waals surface area contributed by atoms with Crippen molar-refractivity contribution in [3.05, 3.63) is 35.1 Å². The smallest absolute Gasteiger partial charge is 0.321 e. The molecule has 0 bridgehead atoms. The third kappa shape index (κ3) is 1.48. The summed E-state index contributed by atoms with van der Waals surface area (Å²) in [7, 11) is 0. The maximum atomic E-state index is 13.2. The molecule has 1 aliphatic rings. The van der Waals surface area contributed by atoms with Gasteiger partial charge in [-0.15, -0.1) is 0 Å². The maximum absolute atomic E-state index is 13.2. The van der Waals surface area contributed by atoms with E-state index in [2.05, 4.69) is 5.32 Å². The summed E-state index contributed by atoms with van der Waals surface area (Å²) in [5, 5.41) is 11.6. The number of carboxylic acids is 1. The summed E-state index contributed by atoms with van der Waals surface area (Å²) >= 11 is 0. The summed E-state index contributed by atoms with van der Waals surface area (Å²) < 4.78 is 13.2. The lowest BCUT2D eigenvalue weighted by Gasteiger charge is -2.23. The molecule has 1 aromatic carbocycles. The van der Waals surface area contributed by atoms with Gasteiger partial charge < -0.3 is 5.11 Å². The molecule has 3 nitrogen and oxygen atoms in total. The van der Waals surface area contributed by atoms with E-state index in [1.165, 1.54) is 6.07 Å². The average molecular weight is 195 g/mol. The average Bonchev–Trinajstić information content (AvgIpc) is 2.17. The van der Waals surface area contributed by atoms with Crippen LogP contribution >= 0.6 is 0 Å².